The number of nitrogens with one attached hydrogen (secondary N) is 1. The summed E-state index contributed by atoms with van der Waals surface area (Å²) in [6, 6.07) is 24.0. The summed E-state index contributed by atoms with van der Waals surface area (Å²) in [5.41, 5.74) is 1.02. The Hall–Kier alpha value is -2.81. The van der Waals surface area contributed by atoms with E-state index in [9.17, 15) is 4.79 Å². The highest BCUT2D eigenvalue weighted by Gasteiger charge is 2.34. The molecule has 0 saturated carbocycles. The molecule has 0 spiro atoms. The molecular formula is C20H19NO2. The predicted molar refractivity (Wildman–Crippen MR) is 92.4 cm³/mol. The van der Waals surface area contributed by atoms with Crippen molar-refractivity contribution in [2.75, 3.05) is 7.05 Å². The Bertz CT molecular complexity index is 824. The number of rotatable bonds is 3. The van der Waals surface area contributed by atoms with E-state index in [1.54, 1.807) is 7.05 Å². The molecule has 3 heteroatoms. The monoisotopic (exact) mass is 305 g/mol. The van der Waals surface area contributed by atoms with Gasteiger partial charge in [-0.3, -0.25) is 0 Å². The molecule has 116 valence electrons. The van der Waals surface area contributed by atoms with Crippen LogP contribution < -0.4 is 5.32 Å². The molecule has 3 nitrogen and oxygen atoms in total. The van der Waals surface area contributed by atoms with Gasteiger partial charge in [-0.05, 0) is 23.3 Å². The molecule has 0 heterocycles. The molecule has 0 radical (unpaired) electrons. The first-order valence-electron chi connectivity index (χ1n) is 7.59. The van der Waals surface area contributed by atoms with Crippen molar-refractivity contribution in [3.05, 3.63) is 83.9 Å². The highest BCUT2D eigenvalue weighted by molar-refractivity contribution is 5.87. The Balaban J connectivity index is 2.24. The van der Waals surface area contributed by atoms with E-state index in [0.29, 0.717) is 0 Å². The molecule has 3 aromatic carbocycles. The van der Waals surface area contributed by atoms with E-state index >= 15 is 0 Å². The quantitative estimate of drug-likeness (QED) is 0.776. The molecule has 1 N–H and O–H groups in total. The summed E-state index contributed by atoms with van der Waals surface area (Å²) in [7, 11) is 1.57. The van der Waals surface area contributed by atoms with Crippen LogP contribution in [0.1, 0.15) is 18.1 Å². The molecule has 1 amide bonds. The second kappa shape index (κ2) is 6.13. The van der Waals surface area contributed by atoms with E-state index in [2.05, 4.69) is 23.5 Å². The maximum atomic E-state index is 12.0. The van der Waals surface area contributed by atoms with Crippen LogP contribution in [0.25, 0.3) is 10.8 Å². The van der Waals surface area contributed by atoms with E-state index in [1.807, 2.05) is 61.5 Å². The normalized spacial score (nSPS) is 13.3. The van der Waals surface area contributed by atoms with Crippen LogP contribution >= 0.6 is 0 Å². The zero-order valence-electron chi connectivity index (χ0n) is 13.2. The first-order valence-corrected chi connectivity index (χ1v) is 7.59. The number of ether oxygens (including phenoxy) is 1. The van der Waals surface area contributed by atoms with Gasteiger partial charge >= 0.3 is 6.09 Å². The number of benzene rings is 3. The zero-order valence-corrected chi connectivity index (χ0v) is 13.2. The smallest absolute Gasteiger partial charge is 0.408 e. The highest BCUT2D eigenvalue weighted by atomic mass is 16.6. The number of carbonyl (C=O) groups excluding carboxylic acids is 1. The molecule has 0 fully saturated rings. The van der Waals surface area contributed by atoms with Gasteiger partial charge in [-0.2, -0.15) is 0 Å². The third-order valence-electron chi connectivity index (χ3n) is 4.13. The molecule has 0 aliphatic rings. The van der Waals surface area contributed by atoms with Crippen molar-refractivity contribution in [2.45, 2.75) is 12.5 Å². The SMILES string of the molecule is CNC(=O)O[C@@](C)(c1ccccc1)c1cccc2ccccc12. The van der Waals surface area contributed by atoms with Crippen molar-refractivity contribution in [1.82, 2.24) is 5.32 Å². The first-order chi connectivity index (χ1) is 11.1. The third kappa shape index (κ3) is 2.78. The van der Waals surface area contributed by atoms with Gasteiger partial charge in [0.05, 0.1) is 0 Å². The second-order valence-corrected chi connectivity index (χ2v) is 5.57. The summed E-state index contributed by atoms with van der Waals surface area (Å²) in [6.07, 6.45) is -0.454. The fourth-order valence-corrected chi connectivity index (χ4v) is 2.90. The molecule has 3 aromatic rings. The van der Waals surface area contributed by atoms with Crippen molar-refractivity contribution >= 4 is 16.9 Å². The maximum absolute atomic E-state index is 12.0. The first kappa shape index (κ1) is 15.1. The van der Waals surface area contributed by atoms with E-state index in [4.69, 9.17) is 4.74 Å². The molecule has 0 aliphatic carbocycles. The summed E-state index contributed by atoms with van der Waals surface area (Å²) in [5.74, 6) is 0. The van der Waals surface area contributed by atoms with Gasteiger partial charge in [-0.15, -0.1) is 0 Å². The molecule has 0 saturated heterocycles. The van der Waals surface area contributed by atoms with E-state index < -0.39 is 11.7 Å². The van der Waals surface area contributed by atoms with Crippen molar-refractivity contribution in [1.29, 1.82) is 0 Å². The van der Waals surface area contributed by atoms with Gasteiger partial charge in [0.15, 0.2) is 5.60 Å². The number of hydrogen-bond acceptors (Lipinski definition) is 2. The molecule has 0 aliphatic heterocycles. The van der Waals surface area contributed by atoms with Crippen LogP contribution in [-0.4, -0.2) is 13.1 Å². The maximum Gasteiger partial charge on any atom is 0.408 e. The van der Waals surface area contributed by atoms with Gasteiger partial charge < -0.3 is 10.1 Å². The third-order valence-corrected chi connectivity index (χ3v) is 4.13. The summed E-state index contributed by atoms with van der Waals surface area (Å²) < 4.78 is 5.82. The van der Waals surface area contributed by atoms with E-state index in [-0.39, 0.29) is 0 Å². The van der Waals surface area contributed by atoms with Crippen molar-refractivity contribution in [3.8, 4) is 0 Å². The summed E-state index contributed by atoms with van der Waals surface area (Å²) >= 11 is 0. The van der Waals surface area contributed by atoms with Gasteiger partial charge in [-0.1, -0.05) is 72.8 Å². The van der Waals surface area contributed by atoms with Crippen LogP contribution in [0.15, 0.2) is 72.8 Å². The molecule has 1 atom stereocenters. The Labute approximate surface area is 135 Å². The van der Waals surface area contributed by atoms with Gasteiger partial charge in [0.25, 0.3) is 0 Å². The Kier molecular flexibility index (Phi) is 4.02. The van der Waals surface area contributed by atoms with Crippen molar-refractivity contribution < 1.29 is 9.53 Å². The molecule has 23 heavy (non-hydrogen) atoms. The lowest BCUT2D eigenvalue weighted by Crippen LogP contribution is -2.34. The zero-order chi connectivity index (χ0) is 16.3. The lowest BCUT2D eigenvalue weighted by molar-refractivity contribution is 0.0547. The Morgan fingerprint density at radius 3 is 2.30 bits per heavy atom. The van der Waals surface area contributed by atoms with Gasteiger partial charge in [0, 0.05) is 12.6 Å². The minimum Gasteiger partial charge on any atom is -0.433 e. The summed E-state index contributed by atoms with van der Waals surface area (Å²) in [5, 5.41) is 4.74. The number of fused-ring (bicyclic) bond motifs is 1. The highest BCUT2D eigenvalue weighted by Crippen LogP contribution is 2.37. The molecule has 0 unspecified atom stereocenters. The number of hydrogen-bond donors (Lipinski definition) is 1. The van der Waals surface area contributed by atoms with Crippen LogP contribution in [0.3, 0.4) is 0 Å². The number of carbonyl (C=O) groups is 1. The molecule has 0 aromatic heterocycles. The average molecular weight is 305 g/mol. The number of amides is 1. The minimum atomic E-state index is -0.873. The predicted octanol–water partition coefficient (Wildman–Crippen LogP) is 4.46. The lowest BCUT2D eigenvalue weighted by Gasteiger charge is -2.31. The van der Waals surface area contributed by atoms with Crippen molar-refractivity contribution in [3.63, 3.8) is 0 Å². The van der Waals surface area contributed by atoms with Crippen LogP contribution in [0.2, 0.25) is 0 Å². The van der Waals surface area contributed by atoms with E-state index in [1.165, 1.54) is 0 Å². The summed E-state index contributed by atoms with van der Waals surface area (Å²) in [6.45, 7) is 1.93. The fourth-order valence-electron chi connectivity index (χ4n) is 2.90. The van der Waals surface area contributed by atoms with Crippen LogP contribution in [0.5, 0.6) is 0 Å². The molecule has 0 bridgehead atoms. The summed E-state index contributed by atoms with van der Waals surface area (Å²) in [4.78, 5) is 12.0. The number of alkyl carbamates (subject to hydrolysis) is 1. The van der Waals surface area contributed by atoms with Gasteiger partial charge in [0.2, 0.25) is 0 Å². The largest absolute Gasteiger partial charge is 0.433 e. The topological polar surface area (TPSA) is 38.3 Å². The second-order valence-electron chi connectivity index (χ2n) is 5.57. The molecular weight excluding hydrogens is 286 g/mol. The Morgan fingerprint density at radius 1 is 0.913 bits per heavy atom. The minimum absolute atomic E-state index is 0.454. The van der Waals surface area contributed by atoms with Crippen LogP contribution in [0, 0.1) is 0 Å². The van der Waals surface area contributed by atoms with Crippen LogP contribution in [-0.2, 0) is 10.3 Å². The van der Waals surface area contributed by atoms with E-state index in [0.717, 1.165) is 21.9 Å². The molecule has 3 rings (SSSR count). The fraction of sp³-hybridized carbons (Fsp3) is 0.150. The van der Waals surface area contributed by atoms with Gasteiger partial charge in [0.1, 0.15) is 0 Å². The van der Waals surface area contributed by atoms with Crippen LogP contribution in [0.4, 0.5) is 4.79 Å². The van der Waals surface area contributed by atoms with Gasteiger partial charge in [-0.25, -0.2) is 4.79 Å². The van der Waals surface area contributed by atoms with Crippen molar-refractivity contribution in [2.24, 2.45) is 0 Å². The lowest BCUT2D eigenvalue weighted by atomic mass is 9.85. The average Bonchev–Trinajstić information content (AvgIpc) is 2.61. The Morgan fingerprint density at radius 2 is 1.57 bits per heavy atom. The standard InChI is InChI=1S/C20H19NO2/c1-20(23-19(22)21-2,16-11-4-3-5-12-16)18-14-8-10-15-9-6-7-13-17(15)18/h3-14H,1-2H3,(H,21,22)/t20-/m0/s1.